The number of piperazine rings is 1. The highest BCUT2D eigenvalue weighted by atomic mass is 16.6. The molecule has 0 bridgehead atoms. The normalized spacial score (nSPS) is 15.5. The molecule has 1 saturated carbocycles. The maximum absolute atomic E-state index is 12.5. The van der Waals surface area contributed by atoms with Gasteiger partial charge < -0.3 is 19.7 Å². The highest BCUT2D eigenvalue weighted by Gasteiger charge is 2.35. The van der Waals surface area contributed by atoms with Crippen molar-refractivity contribution in [2.75, 3.05) is 42.9 Å². The predicted molar refractivity (Wildman–Crippen MR) is 148 cm³/mol. The number of hydrogen-bond acceptors (Lipinski definition) is 8. The first-order valence-corrected chi connectivity index (χ1v) is 13.3. The van der Waals surface area contributed by atoms with Gasteiger partial charge in [0.2, 0.25) is 11.9 Å². The Bertz CT molecular complexity index is 1480. The molecule has 2 aliphatic rings. The summed E-state index contributed by atoms with van der Waals surface area (Å²) in [6.45, 7) is 3.82. The Kier molecular flexibility index (Phi) is 6.78. The highest BCUT2D eigenvalue weighted by Crippen LogP contribution is 2.31. The van der Waals surface area contributed by atoms with Gasteiger partial charge in [0.25, 0.3) is 5.69 Å². The number of anilines is 2. The van der Waals surface area contributed by atoms with Gasteiger partial charge in [0, 0.05) is 50.8 Å². The van der Waals surface area contributed by atoms with Gasteiger partial charge in [-0.05, 0) is 30.4 Å². The second-order valence-electron chi connectivity index (χ2n) is 10.1. The Morgan fingerprint density at radius 1 is 0.974 bits per heavy atom. The minimum absolute atomic E-state index is 0.0584. The number of non-ortho nitro benzene ring substituents is 1. The third-order valence-corrected chi connectivity index (χ3v) is 7.30. The average Bonchev–Trinajstić information content (AvgIpc) is 3.75. The van der Waals surface area contributed by atoms with Gasteiger partial charge in [-0.1, -0.05) is 42.5 Å². The van der Waals surface area contributed by atoms with Gasteiger partial charge in [0.15, 0.2) is 17.0 Å². The molecule has 0 unspecified atom stereocenters. The summed E-state index contributed by atoms with van der Waals surface area (Å²) in [6.07, 6.45) is 4.59. The van der Waals surface area contributed by atoms with Crippen LogP contribution in [-0.2, 0) is 17.8 Å². The minimum Gasteiger partial charge on any atom is -0.368 e. The lowest BCUT2D eigenvalue weighted by atomic mass is 10.1. The molecule has 4 aromatic rings. The monoisotopic (exact) mass is 526 g/mol. The molecule has 0 spiro atoms. The number of imidazole rings is 1. The van der Waals surface area contributed by atoms with E-state index in [0.717, 1.165) is 24.8 Å². The van der Waals surface area contributed by atoms with Gasteiger partial charge in [0.05, 0.1) is 17.8 Å². The zero-order chi connectivity index (χ0) is 26.8. The zero-order valence-electron chi connectivity index (χ0n) is 21.6. The van der Waals surface area contributed by atoms with Crippen LogP contribution in [0.3, 0.4) is 0 Å². The third-order valence-electron chi connectivity index (χ3n) is 7.30. The first-order chi connectivity index (χ1) is 19.0. The topological polar surface area (TPSA) is 122 Å². The molecule has 1 aliphatic heterocycles. The van der Waals surface area contributed by atoms with E-state index >= 15 is 0 Å². The van der Waals surface area contributed by atoms with Crippen molar-refractivity contribution in [3.8, 4) is 0 Å². The predicted octanol–water partition coefficient (Wildman–Crippen LogP) is 3.50. The SMILES string of the molecule is O=C(C1CC1)N1CCN(c2nc(NCCc3ccccc3)c3ncn(Cc4ccc([N+](=O)[O-])cc4)c3n2)CC1. The smallest absolute Gasteiger partial charge is 0.269 e. The van der Waals surface area contributed by atoms with Crippen LogP contribution in [0, 0.1) is 16.0 Å². The number of nitro benzene ring substituents is 1. The summed E-state index contributed by atoms with van der Waals surface area (Å²) in [4.78, 5) is 41.7. The van der Waals surface area contributed by atoms with E-state index in [0.29, 0.717) is 62.2 Å². The molecule has 1 N–H and O–H groups in total. The zero-order valence-corrected chi connectivity index (χ0v) is 21.6. The highest BCUT2D eigenvalue weighted by molar-refractivity contribution is 5.84. The molecule has 1 aliphatic carbocycles. The van der Waals surface area contributed by atoms with E-state index in [9.17, 15) is 14.9 Å². The molecule has 1 saturated heterocycles. The molecule has 0 radical (unpaired) electrons. The molecule has 11 heteroatoms. The Morgan fingerprint density at radius 2 is 1.72 bits per heavy atom. The first kappa shape index (κ1) is 24.8. The Hall–Kier alpha value is -4.54. The summed E-state index contributed by atoms with van der Waals surface area (Å²) in [5.41, 5.74) is 3.57. The fourth-order valence-electron chi connectivity index (χ4n) is 4.92. The van der Waals surface area contributed by atoms with Gasteiger partial charge in [-0.2, -0.15) is 9.97 Å². The number of carbonyl (C=O) groups excluding carboxylic acids is 1. The van der Waals surface area contributed by atoms with Crippen LogP contribution in [0.4, 0.5) is 17.5 Å². The second kappa shape index (κ2) is 10.7. The fraction of sp³-hybridized carbons (Fsp3) is 0.357. The number of benzene rings is 2. The van der Waals surface area contributed by atoms with Crippen molar-refractivity contribution in [1.82, 2.24) is 24.4 Å². The van der Waals surface area contributed by atoms with Crippen LogP contribution in [0.5, 0.6) is 0 Å². The lowest BCUT2D eigenvalue weighted by Crippen LogP contribution is -2.49. The van der Waals surface area contributed by atoms with Crippen molar-refractivity contribution >= 4 is 34.5 Å². The quantitative estimate of drug-likeness (QED) is 0.260. The number of nitro groups is 1. The molecular weight excluding hydrogens is 496 g/mol. The summed E-state index contributed by atoms with van der Waals surface area (Å²) >= 11 is 0. The largest absolute Gasteiger partial charge is 0.368 e. The second-order valence-corrected chi connectivity index (χ2v) is 10.1. The van der Waals surface area contributed by atoms with Gasteiger partial charge >= 0.3 is 0 Å². The number of carbonyl (C=O) groups is 1. The Labute approximate surface area is 225 Å². The number of nitrogens with one attached hydrogen (secondary N) is 1. The molecule has 6 rings (SSSR count). The van der Waals surface area contributed by atoms with Crippen molar-refractivity contribution in [2.45, 2.75) is 25.8 Å². The van der Waals surface area contributed by atoms with E-state index in [1.165, 1.54) is 17.7 Å². The van der Waals surface area contributed by atoms with Crippen molar-refractivity contribution in [2.24, 2.45) is 5.92 Å². The first-order valence-electron chi connectivity index (χ1n) is 13.3. The number of nitrogens with zero attached hydrogens (tertiary/aromatic N) is 7. The third kappa shape index (κ3) is 5.52. The fourth-order valence-corrected chi connectivity index (χ4v) is 4.92. The summed E-state index contributed by atoms with van der Waals surface area (Å²) in [6, 6.07) is 16.8. The van der Waals surface area contributed by atoms with Gasteiger partial charge in [-0.25, -0.2) is 4.98 Å². The van der Waals surface area contributed by atoms with Crippen LogP contribution >= 0.6 is 0 Å². The van der Waals surface area contributed by atoms with Crippen molar-refractivity contribution in [3.63, 3.8) is 0 Å². The van der Waals surface area contributed by atoms with Crippen LogP contribution in [0.25, 0.3) is 11.2 Å². The number of amides is 1. The molecule has 1 amide bonds. The van der Waals surface area contributed by atoms with E-state index in [2.05, 4.69) is 27.3 Å². The summed E-state index contributed by atoms with van der Waals surface area (Å²) in [5, 5.41) is 14.5. The van der Waals surface area contributed by atoms with Crippen LogP contribution in [0.15, 0.2) is 60.9 Å². The lowest BCUT2D eigenvalue weighted by molar-refractivity contribution is -0.384. The van der Waals surface area contributed by atoms with Gasteiger partial charge in [-0.15, -0.1) is 0 Å². The standard InChI is InChI=1S/C28H30N8O3/c37-27(22-8-9-22)33-14-16-34(17-15-33)28-31-25(29-13-12-20-4-2-1-3-5-20)24-26(32-28)35(19-30-24)18-21-6-10-23(11-7-21)36(38)39/h1-7,10-11,19,22H,8-9,12-18H2,(H,29,31,32). The molecule has 200 valence electrons. The number of aromatic nitrogens is 4. The molecule has 3 heterocycles. The van der Waals surface area contributed by atoms with E-state index in [-0.39, 0.29) is 17.5 Å². The van der Waals surface area contributed by atoms with E-state index < -0.39 is 4.92 Å². The number of rotatable bonds is 9. The molecule has 11 nitrogen and oxygen atoms in total. The van der Waals surface area contributed by atoms with Crippen LogP contribution in [-0.4, -0.2) is 68.0 Å². The van der Waals surface area contributed by atoms with E-state index in [4.69, 9.17) is 9.97 Å². The molecule has 2 aromatic heterocycles. The summed E-state index contributed by atoms with van der Waals surface area (Å²) in [5.74, 6) is 1.77. The number of fused-ring (bicyclic) bond motifs is 1. The van der Waals surface area contributed by atoms with Gasteiger partial charge in [-0.3, -0.25) is 14.9 Å². The van der Waals surface area contributed by atoms with Gasteiger partial charge in [0.1, 0.15) is 0 Å². The van der Waals surface area contributed by atoms with Crippen molar-refractivity contribution < 1.29 is 9.72 Å². The molecule has 0 atom stereocenters. The minimum atomic E-state index is -0.402. The van der Waals surface area contributed by atoms with E-state index in [1.54, 1.807) is 18.5 Å². The van der Waals surface area contributed by atoms with E-state index in [1.807, 2.05) is 27.7 Å². The number of hydrogen-bond donors (Lipinski definition) is 1. The maximum atomic E-state index is 12.5. The van der Waals surface area contributed by atoms with Crippen molar-refractivity contribution in [1.29, 1.82) is 0 Å². The molecule has 39 heavy (non-hydrogen) atoms. The van der Waals surface area contributed by atoms with Crippen LogP contribution in [0.1, 0.15) is 24.0 Å². The van der Waals surface area contributed by atoms with Crippen molar-refractivity contribution in [3.05, 3.63) is 82.2 Å². The van der Waals surface area contributed by atoms with Crippen LogP contribution < -0.4 is 10.2 Å². The average molecular weight is 527 g/mol. The Balaban J connectivity index is 1.25. The molecule has 2 fully saturated rings. The molecular formula is C28H30N8O3. The lowest BCUT2D eigenvalue weighted by Gasteiger charge is -2.35. The molecule has 2 aromatic carbocycles. The summed E-state index contributed by atoms with van der Waals surface area (Å²) < 4.78 is 1.94. The Morgan fingerprint density at radius 3 is 2.41 bits per heavy atom. The maximum Gasteiger partial charge on any atom is 0.269 e. The summed E-state index contributed by atoms with van der Waals surface area (Å²) in [7, 11) is 0. The van der Waals surface area contributed by atoms with Crippen LogP contribution in [0.2, 0.25) is 0 Å².